The van der Waals surface area contributed by atoms with Crippen LogP contribution in [-0.2, 0) is 11.4 Å². The molecular formula is C30H33N3O6. The molecule has 1 aliphatic heterocycles. The molecule has 1 unspecified atom stereocenters. The van der Waals surface area contributed by atoms with Crippen LogP contribution in [-0.4, -0.2) is 37.5 Å². The van der Waals surface area contributed by atoms with E-state index >= 15 is 0 Å². The Hall–Kier alpha value is -4.53. The first-order valence-corrected chi connectivity index (χ1v) is 12.8. The van der Waals surface area contributed by atoms with Crippen molar-refractivity contribution in [1.82, 2.24) is 10.7 Å². The van der Waals surface area contributed by atoms with Crippen molar-refractivity contribution in [2.75, 3.05) is 13.4 Å². The minimum Gasteiger partial charge on any atom is -0.490 e. The normalized spacial score (nSPS) is 12.8. The molecular weight excluding hydrogens is 498 g/mol. The van der Waals surface area contributed by atoms with E-state index in [2.05, 4.69) is 21.9 Å². The summed E-state index contributed by atoms with van der Waals surface area (Å²) in [5, 5.41) is 6.88. The standard InChI is InChI=1S/C30H33N3O6/c1-5-36-26-14-21(9-11-24(26)37-17-22-8-6-7-20(4)13-22)16-31-33-30(35)28(19(2)3)32-29(34)23-10-12-25-27(15-23)39-18-38-25/h6-16,19,28H,5,17-18H2,1-4H3,(H,32,34)(H,33,35)/b31-16+. The van der Waals surface area contributed by atoms with E-state index < -0.39 is 17.9 Å². The maximum Gasteiger partial charge on any atom is 0.262 e. The minimum atomic E-state index is -0.795. The second kappa shape index (κ2) is 12.8. The second-order valence-corrected chi connectivity index (χ2v) is 9.41. The maximum atomic E-state index is 12.9. The van der Waals surface area contributed by atoms with Crippen LogP contribution in [0.2, 0.25) is 0 Å². The molecule has 1 atom stereocenters. The molecule has 39 heavy (non-hydrogen) atoms. The molecule has 0 saturated carbocycles. The topological polar surface area (TPSA) is 107 Å². The highest BCUT2D eigenvalue weighted by Crippen LogP contribution is 2.32. The summed E-state index contributed by atoms with van der Waals surface area (Å²) in [5.74, 6) is 1.27. The van der Waals surface area contributed by atoms with Crippen LogP contribution in [0.15, 0.2) is 65.8 Å². The Labute approximate surface area is 228 Å². The number of aryl methyl sites for hydroxylation is 1. The first-order valence-electron chi connectivity index (χ1n) is 12.8. The predicted molar refractivity (Wildman–Crippen MR) is 148 cm³/mol. The van der Waals surface area contributed by atoms with Crippen molar-refractivity contribution >= 4 is 18.0 Å². The summed E-state index contributed by atoms with van der Waals surface area (Å²) >= 11 is 0. The molecule has 0 radical (unpaired) electrons. The number of hydrogen-bond donors (Lipinski definition) is 2. The fraction of sp³-hybridized carbons (Fsp3) is 0.300. The number of hydrogen-bond acceptors (Lipinski definition) is 7. The summed E-state index contributed by atoms with van der Waals surface area (Å²) in [6, 6.07) is 17.7. The molecule has 204 valence electrons. The maximum absolute atomic E-state index is 12.9. The van der Waals surface area contributed by atoms with Gasteiger partial charge >= 0.3 is 0 Å². The summed E-state index contributed by atoms with van der Waals surface area (Å²) < 4.78 is 22.4. The van der Waals surface area contributed by atoms with Gasteiger partial charge in [0.05, 0.1) is 12.8 Å². The molecule has 3 aromatic rings. The van der Waals surface area contributed by atoms with Crippen LogP contribution < -0.4 is 29.7 Å². The lowest BCUT2D eigenvalue weighted by molar-refractivity contribution is -0.123. The summed E-state index contributed by atoms with van der Waals surface area (Å²) in [5.41, 5.74) is 5.85. The molecule has 3 aromatic carbocycles. The van der Waals surface area contributed by atoms with Crippen molar-refractivity contribution < 1.29 is 28.5 Å². The van der Waals surface area contributed by atoms with Crippen LogP contribution in [0, 0.1) is 12.8 Å². The zero-order chi connectivity index (χ0) is 27.8. The monoisotopic (exact) mass is 531 g/mol. The van der Waals surface area contributed by atoms with Gasteiger partial charge in [0, 0.05) is 5.56 Å². The number of ether oxygens (including phenoxy) is 4. The van der Waals surface area contributed by atoms with Gasteiger partial charge in [-0.25, -0.2) is 5.43 Å². The van der Waals surface area contributed by atoms with Gasteiger partial charge in [0.2, 0.25) is 6.79 Å². The largest absolute Gasteiger partial charge is 0.490 e. The molecule has 2 amide bonds. The smallest absolute Gasteiger partial charge is 0.262 e. The van der Waals surface area contributed by atoms with Gasteiger partial charge in [-0.1, -0.05) is 43.7 Å². The predicted octanol–water partition coefficient (Wildman–Crippen LogP) is 4.61. The Morgan fingerprint density at radius 3 is 2.59 bits per heavy atom. The van der Waals surface area contributed by atoms with Crippen LogP contribution in [0.4, 0.5) is 0 Å². The number of nitrogens with zero attached hydrogens (tertiary/aromatic N) is 1. The van der Waals surface area contributed by atoms with Crippen molar-refractivity contribution in [2.45, 2.75) is 40.3 Å². The van der Waals surface area contributed by atoms with E-state index in [-0.39, 0.29) is 12.7 Å². The molecule has 0 spiro atoms. The fourth-order valence-corrected chi connectivity index (χ4v) is 3.99. The number of amides is 2. The molecule has 0 saturated heterocycles. The van der Waals surface area contributed by atoms with Gasteiger partial charge in [0.25, 0.3) is 11.8 Å². The van der Waals surface area contributed by atoms with E-state index in [0.717, 1.165) is 5.56 Å². The van der Waals surface area contributed by atoms with Gasteiger partial charge in [-0.3, -0.25) is 9.59 Å². The van der Waals surface area contributed by atoms with Crippen molar-refractivity contribution in [1.29, 1.82) is 0 Å². The number of fused-ring (bicyclic) bond motifs is 1. The van der Waals surface area contributed by atoms with Gasteiger partial charge in [-0.15, -0.1) is 0 Å². The minimum absolute atomic E-state index is 0.116. The molecule has 1 aliphatic rings. The summed E-state index contributed by atoms with van der Waals surface area (Å²) in [6.45, 7) is 8.63. The second-order valence-electron chi connectivity index (χ2n) is 9.41. The van der Waals surface area contributed by atoms with Crippen molar-refractivity contribution in [3.05, 3.63) is 82.9 Å². The van der Waals surface area contributed by atoms with Crippen molar-refractivity contribution in [3.8, 4) is 23.0 Å². The lowest BCUT2D eigenvalue weighted by Gasteiger charge is -2.20. The van der Waals surface area contributed by atoms with Gasteiger partial charge in [0.1, 0.15) is 12.6 Å². The first kappa shape index (κ1) is 27.5. The lowest BCUT2D eigenvalue weighted by Crippen LogP contribution is -2.48. The molecule has 4 rings (SSSR count). The Bertz CT molecular complexity index is 1350. The quantitative estimate of drug-likeness (QED) is 0.277. The molecule has 9 nitrogen and oxygen atoms in total. The molecule has 0 aliphatic carbocycles. The molecule has 2 N–H and O–H groups in total. The summed E-state index contributed by atoms with van der Waals surface area (Å²) in [7, 11) is 0. The highest BCUT2D eigenvalue weighted by molar-refractivity contribution is 5.98. The lowest BCUT2D eigenvalue weighted by atomic mass is 10.0. The van der Waals surface area contributed by atoms with Crippen LogP contribution in [0.5, 0.6) is 23.0 Å². The zero-order valence-electron chi connectivity index (χ0n) is 22.5. The Morgan fingerprint density at radius 1 is 1.00 bits per heavy atom. The summed E-state index contributed by atoms with van der Waals surface area (Å²) in [4.78, 5) is 25.7. The van der Waals surface area contributed by atoms with Crippen molar-refractivity contribution in [2.24, 2.45) is 11.0 Å². The Morgan fingerprint density at radius 2 is 1.82 bits per heavy atom. The average Bonchev–Trinajstić information content (AvgIpc) is 3.39. The van der Waals surface area contributed by atoms with Gasteiger partial charge in [0.15, 0.2) is 23.0 Å². The average molecular weight is 532 g/mol. The number of carbonyl (C=O) groups excluding carboxylic acids is 2. The highest BCUT2D eigenvalue weighted by Gasteiger charge is 2.25. The molecule has 0 fully saturated rings. The number of hydrazone groups is 1. The first-order chi connectivity index (χ1) is 18.8. The number of nitrogens with one attached hydrogen (secondary N) is 2. The van der Waals surface area contributed by atoms with Crippen LogP contribution in [0.1, 0.15) is 47.8 Å². The van der Waals surface area contributed by atoms with Crippen LogP contribution >= 0.6 is 0 Å². The third kappa shape index (κ3) is 7.28. The van der Waals surface area contributed by atoms with E-state index in [0.29, 0.717) is 47.3 Å². The Balaban J connectivity index is 1.37. The van der Waals surface area contributed by atoms with E-state index in [1.54, 1.807) is 24.3 Å². The van der Waals surface area contributed by atoms with E-state index in [1.807, 2.05) is 58.0 Å². The fourth-order valence-electron chi connectivity index (χ4n) is 3.99. The number of carbonyl (C=O) groups is 2. The summed E-state index contributed by atoms with van der Waals surface area (Å²) in [6.07, 6.45) is 1.52. The number of benzene rings is 3. The van der Waals surface area contributed by atoms with E-state index in [1.165, 1.54) is 11.8 Å². The van der Waals surface area contributed by atoms with E-state index in [4.69, 9.17) is 18.9 Å². The third-order valence-corrected chi connectivity index (χ3v) is 6.00. The SMILES string of the molecule is CCOc1cc(/C=N/NC(=O)C(NC(=O)c2ccc3c(c2)OCO3)C(C)C)ccc1OCc1cccc(C)c1. The van der Waals surface area contributed by atoms with Gasteiger partial charge < -0.3 is 24.3 Å². The zero-order valence-corrected chi connectivity index (χ0v) is 22.5. The van der Waals surface area contributed by atoms with E-state index in [9.17, 15) is 9.59 Å². The van der Waals surface area contributed by atoms with Crippen LogP contribution in [0.25, 0.3) is 0 Å². The van der Waals surface area contributed by atoms with Crippen LogP contribution in [0.3, 0.4) is 0 Å². The van der Waals surface area contributed by atoms with Crippen molar-refractivity contribution in [3.63, 3.8) is 0 Å². The van der Waals surface area contributed by atoms with Gasteiger partial charge in [-0.05, 0) is 67.3 Å². The Kier molecular flexibility index (Phi) is 9.04. The molecule has 1 heterocycles. The highest BCUT2D eigenvalue weighted by atomic mass is 16.7. The van der Waals surface area contributed by atoms with Gasteiger partial charge in [-0.2, -0.15) is 5.10 Å². The third-order valence-electron chi connectivity index (χ3n) is 6.00. The molecule has 0 bridgehead atoms. The molecule has 9 heteroatoms. The number of rotatable bonds is 11. The molecule has 0 aromatic heterocycles.